The summed E-state index contributed by atoms with van der Waals surface area (Å²) >= 11 is 3.54. The Balaban J connectivity index is 1.32. The van der Waals surface area contributed by atoms with Gasteiger partial charge in [0.15, 0.2) is 0 Å². The summed E-state index contributed by atoms with van der Waals surface area (Å²) in [6, 6.07) is 13.9. The summed E-state index contributed by atoms with van der Waals surface area (Å²) in [7, 11) is 0. The zero-order valence-corrected chi connectivity index (χ0v) is 20.9. The topological polar surface area (TPSA) is 75.1 Å². The van der Waals surface area contributed by atoms with Gasteiger partial charge in [0, 0.05) is 37.9 Å². The Bertz CT molecular complexity index is 1360. The van der Waals surface area contributed by atoms with Crippen molar-refractivity contribution in [1.82, 2.24) is 9.97 Å². The van der Waals surface area contributed by atoms with Crippen LogP contribution in [0.25, 0.3) is 21.3 Å². The van der Waals surface area contributed by atoms with Crippen LogP contribution in [0.2, 0.25) is 0 Å². The zero-order chi connectivity index (χ0) is 23.7. The lowest BCUT2D eigenvalue weighted by Crippen LogP contribution is -2.13. The third-order valence-electron chi connectivity index (χ3n) is 6.42. The van der Waals surface area contributed by atoms with Gasteiger partial charge in [-0.3, -0.25) is 0 Å². The Morgan fingerprint density at radius 2 is 2.03 bits per heavy atom. The van der Waals surface area contributed by atoms with Crippen molar-refractivity contribution in [3.8, 4) is 11.3 Å². The molecule has 2 N–H and O–H groups in total. The molecule has 0 aliphatic heterocycles. The number of thiophene rings is 1. The van der Waals surface area contributed by atoms with Gasteiger partial charge in [-0.25, -0.2) is 14.8 Å². The molecular weight excluding hydrogens is 462 g/mol. The molecule has 1 aliphatic rings. The van der Waals surface area contributed by atoms with Gasteiger partial charge < -0.3 is 10.4 Å². The summed E-state index contributed by atoms with van der Waals surface area (Å²) in [6.45, 7) is 5.14. The first-order valence-corrected chi connectivity index (χ1v) is 13.3. The molecule has 0 atom stereocenters. The van der Waals surface area contributed by atoms with Gasteiger partial charge in [-0.05, 0) is 61.8 Å². The number of carboxylic acids is 1. The van der Waals surface area contributed by atoms with Crippen LogP contribution in [0.4, 0.5) is 5.82 Å². The number of nitrogens with zero attached hydrogens (tertiary/aromatic N) is 2. The van der Waals surface area contributed by atoms with E-state index >= 15 is 0 Å². The van der Waals surface area contributed by atoms with E-state index < -0.39 is 5.97 Å². The summed E-state index contributed by atoms with van der Waals surface area (Å²) in [4.78, 5) is 22.7. The first kappa shape index (κ1) is 22.9. The van der Waals surface area contributed by atoms with Crippen LogP contribution in [0.3, 0.4) is 0 Å². The van der Waals surface area contributed by atoms with Gasteiger partial charge in [0.25, 0.3) is 0 Å². The van der Waals surface area contributed by atoms with Crippen molar-refractivity contribution in [3.05, 3.63) is 70.4 Å². The van der Waals surface area contributed by atoms with Gasteiger partial charge >= 0.3 is 5.97 Å². The maximum Gasteiger partial charge on any atom is 0.336 e. The molecule has 2 aromatic carbocycles. The second-order valence-electron chi connectivity index (χ2n) is 8.74. The van der Waals surface area contributed by atoms with Crippen LogP contribution in [0.5, 0.6) is 0 Å². The molecule has 0 unspecified atom stereocenters. The molecule has 4 aromatic rings. The summed E-state index contributed by atoms with van der Waals surface area (Å²) in [5.74, 6) is -0.112. The lowest BCUT2D eigenvalue weighted by atomic mass is 10.00. The number of hydrogen-bond donors (Lipinski definition) is 2. The largest absolute Gasteiger partial charge is 0.478 e. The van der Waals surface area contributed by atoms with Gasteiger partial charge in [-0.15, -0.1) is 23.1 Å². The van der Waals surface area contributed by atoms with Crippen molar-refractivity contribution in [2.24, 2.45) is 0 Å². The predicted molar refractivity (Wildman–Crippen MR) is 141 cm³/mol. The van der Waals surface area contributed by atoms with E-state index in [2.05, 4.69) is 47.3 Å². The number of benzene rings is 2. The standard InChI is InChI=1S/C27H27N3O2S2/c1-16-5-3-8-21-20(17(2)33-26(16)21)11-12-28-25-14-23(29-15-30-25)18-9-10-22(27(31)32)24(13-18)34-19-6-4-7-19/h3,5,8-10,13-15,19H,4,6-7,11-12H2,1-2H3,(H,31,32)(H,28,29,30). The first-order valence-electron chi connectivity index (χ1n) is 11.6. The van der Waals surface area contributed by atoms with Gasteiger partial charge in [-0.2, -0.15) is 0 Å². The van der Waals surface area contributed by atoms with Gasteiger partial charge in [0.05, 0.1) is 11.3 Å². The van der Waals surface area contributed by atoms with Crippen molar-refractivity contribution >= 4 is 45.0 Å². The van der Waals surface area contributed by atoms with Crippen LogP contribution < -0.4 is 5.32 Å². The molecule has 0 radical (unpaired) electrons. The number of thioether (sulfide) groups is 1. The van der Waals surface area contributed by atoms with Crippen molar-refractivity contribution in [2.45, 2.75) is 49.7 Å². The smallest absolute Gasteiger partial charge is 0.336 e. The number of carbonyl (C=O) groups is 1. The molecular formula is C27H27N3O2S2. The molecule has 34 heavy (non-hydrogen) atoms. The summed E-state index contributed by atoms with van der Waals surface area (Å²) < 4.78 is 1.37. The van der Waals surface area contributed by atoms with Crippen LogP contribution >= 0.6 is 23.1 Å². The van der Waals surface area contributed by atoms with Crippen LogP contribution in [-0.4, -0.2) is 32.8 Å². The summed E-state index contributed by atoms with van der Waals surface area (Å²) in [5.41, 5.74) is 4.79. The second kappa shape index (κ2) is 9.76. The number of anilines is 1. The second-order valence-corrected chi connectivity index (χ2v) is 11.3. The van der Waals surface area contributed by atoms with Gasteiger partial charge in [-0.1, -0.05) is 30.7 Å². The van der Waals surface area contributed by atoms with E-state index in [1.807, 2.05) is 29.5 Å². The number of nitrogens with one attached hydrogen (secondary N) is 1. The fourth-order valence-corrected chi connectivity index (χ4v) is 6.87. The van der Waals surface area contributed by atoms with Crippen LogP contribution in [0, 0.1) is 13.8 Å². The fourth-order valence-electron chi connectivity index (χ4n) is 4.29. The third-order valence-corrected chi connectivity index (χ3v) is 9.11. The molecule has 0 saturated heterocycles. The number of hydrogen-bond acceptors (Lipinski definition) is 6. The molecule has 7 heteroatoms. The minimum atomic E-state index is -0.884. The Morgan fingerprint density at radius 3 is 2.79 bits per heavy atom. The van der Waals surface area contributed by atoms with E-state index in [1.54, 1.807) is 24.2 Å². The Hall–Kier alpha value is -2.90. The molecule has 0 bridgehead atoms. The predicted octanol–water partition coefficient (Wildman–Crippen LogP) is 6.97. The number of fused-ring (bicyclic) bond motifs is 1. The normalized spacial score (nSPS) is 13.7. The molecule has 1 saturated carbocycles. The Morgan fingerprint density at radius 1 is 1.18 bits per heavy atom. The highest BCUT2D eigenvalue weighted by molar-refractivity contribution is 8.00. The van der Waals surface area contributed by atoms with E-state index in [-0.39, 0.29) is 0 Å². The average Bonchev–Trinajstić information content (AvgIpc) is 3.13. The van der Waals surface area contributed by atoms with Crippen LogP contribution in [0.1, 0.15) is 45.6 Å². The maximum atomic E-state index is 11.7. The number of aromatic carboxylic acids is 1. The lowest BCUT2D eigenvalue weighted by molar-refractivity contribution is 0.0693. The molecule has 0 spiro atoms. The highest BCUT2D eigenvalue weighted by Gasteiger charge is 2.22. The number of carboxylic acid groups (broad SMARTS) is 1. The van der Waals surface area contributed by atoms with E-state index in [4.69, 9.17) is 0 Å². The lowest BCUT2D eigenvalue weighted by Gasteiger charge is -2.25. The van der Waals surface area contributed by atoms with E-state index in [1.165, 1.54) is 32.5 Å². The maximum absolute atomic E-state index is 11.7. The Kier molecular flexibility index (Phi) is 6.57. The molecule has 2 heterocycles. The van der Waals surface area contributed by atoms with Crippen LogP contribution in [0.15, 0.2) is 53.7 Å². The van der Waals surface area contributed by atoms with Gasteiger partial charge in [0.1, 0.15) is 12.1 Å². The zero-order valence-electron chi connectivity index (χ0n) is 19.3. The average molecular weight is 490 g/mol. The van der Waals surface area contributed by atoms with Crippen molar-refractivity contribution in [2.75, 3.05) is 11.9 Å². The summed E-state index contributed by atoms with van der Waals surface area (Å²) in [6.07, 6.45) is 6.00. The number of aromatic nitrogens is 2. The molecule has 0 amide bonds. The summed E-state index contributed by atoms with van der Waals surface area (Å²) in [5, 5.41) is 14.9. The van der Waals surface area contributed by atoms with Gasteiger partial charge in [0.2, 0.25) is 0 Å². The monoisotopic (exact) mass is 489 g/mol. The minimum absolute atomic E-state index is 0.363. The molecule has 5 rings (SSSR count). The number of rotatable bonds is 8. The quantitative estimate of drug-likeness (QED) is 0.278. The fraction of sp³-hybridized carbons (Fsp3) is 0.296. The molecule has 174 valence electrons. The minimum Gasteiger partial charge on any atom is -0.478 e. The third kappa shape index (κ3) is 4.68. The van der Waals surface area contributed by atoms with E-state index in [0.717, 1.165) is 47.8 Å². The molecule has 2 aromatic heterocycles. The first-order chi connectivity index (χ1) is 16.5. The molecule has 1 aliphatic carbocycles. The van der Waals surface area contributed by atoms with E-state index in [0.29, 0.717) is 10.8 Å². The molecule has 5 nitrogen and oxygen atoms in total. The number of aryl methyl sites for hydroxylation is 2. The van der Waals surface area contributed by atoms with E-state index in [9.17, 15) is 9.90 Å². The molecule has 1 fully saturated rings. The van der Waals surface area contributed by atoms with Crippen molar-refractivity contribution in [1.29, 1.82) is 0 Å². The highest BCUT2D eigenvalue weighted by atomic mass is 32.2. The highest BCUT2D eigenvalue weighted by Crippen LogP contribution is 2.39. The Labute approximate surface area is 207 Å². The van der Waals surface area contributed by atoms with Crippen LogP contribution in [-0.2, 0) is 6.42 Å². The van der Waals surface area contributed by atoms with Crippen molar-refractivity contribution < 1.29 is 9.90 Å². The SMILES string of the molecule is Cc1sc2c(C)cccc2c1CCNc1cc(-c2ccc(C(=O)O)c(SC3CCC3)c2)ncn1. The van der Waals surface area contributed by atoms with Crippen molar-refractivity contribution in [3.63, 3.8) is 0 Å².